The Morgan fingerprint density at radius 2 is 1.91 bits per heavy atom. The normalized spacial score (nSPS) is 17.5. The zero-order valence-corrected chi connectivity index (χ0v) is 12.9. The Balaban J connectivity index is 1.59. The van der Waals surface area contributed by atoms with Gasteiger partial charge >= 0.3 is 0 Å². The first-order valence-corrected chi connectivity index (χ1v) is 8.29. The fraction of sp³-hybridized carbons (Fsp3) is 0.353. The van der Waals surface area contributed by atoms with Crippen molar-refractivity contribution in [1.29, 1.82) is 0 Å². The molecule has 0 saturated carbocycles. The van der Waals surface area contributed by atoms with Gasteiger partial charge in [0.15, 0.2) is 0 Å². The lowest BCUT2D eigenvalue weighted by molar-refractivity contribution is 0.0465. The van der Waals surface area contributed by atoms with Crippen LogP contribution in [0.4, 0.5) is 4.39 Å². The average Bonchev–Trinajstić information content (AvgIpc) is 3.09. The number of thiophene rings is 1. The Morgan fingerprint density at radius 1 is 1.23 bits per heavy atom. The first-order valence-electron chi connectivity index (χ1n) is 7.41. The van der Waals surface area contributed by atoms with Crippen LogP contribution in [0, 0.1) is 11.7 Å². The molecule has 0 spiro atoms. The van der Waals surface area contributed by atoms with Crippen molar-refractivity contribution in [3.05, 3.63) is 58.0 Å². The first-order chi connectivity index (χ1) is 10.6. The van der Waals surface area contributed by atoms with Crippen molar-refractivity contribution in [3.8, 4) is 0 Å². The van der Waals surface area contributed by atoms with E-state index in [1.807, 2.05) is 22.4 Å². The molecule has 22 heavy (non-hydrogen) atoms. The second kappa shape index (κ2) is 6.58. The van der Waals surface area contributed by atoms with Crippen LogP contribution < -0.4 is 0 Å². The molecule has 116 valence electrons. The SMILES string of the molecule is O=C(c1cccs1)N1CCC(C(O)c2ccc(F)cc2)CC1. The topological polar surface area (TPSA) is 40.5 Å². The van der Waals surface area contributed by atoms with Crippen molar-refractivity contribution in [2.45, 2.75) is 18.9 Å². The number of hydrogen-bond donors (Lipinski definition) is 1. The molecule has 3 rings (SSSR count). The molecule has 0 aliphatic carbocycles. The number of benzene rings is 1. The minimum atomic E-state index is -0.598. The number of aliphatic hydroxyl groups excluding tert-OH is 1. The number of carbonyl (C=O) groups excluding carboxylic acids is 1. The summed E-state index contributed by atoms with van der Waals surface area (Å²) in [5.74, 6) is -0.116. The van der Waals surface area contributed by atoms with Gasteiger partial charge in [0.25, 0.3) is 5.91 Å². The maximum atomic E-state index is 12.9. The number of aliphatic hydroxyl groups is 1. The summed E-state index contributed by atoms with van der Waals surface area (Å²) in [5.41, 5.74) is 0.740. The van der Waals surface area contributed by atoms with Crippen LogP contribution in [-0.4, -0.2) is 29.0 Å². The maximum absolute atomic E-state index is 12.9. The minimum absolute atomic E-state index is 0.0738. The van der Waals surface area contributed by atoms with Crippen molar-refractivity contribution < 1.29 is 14.3 Å². The van der Waals surface area contributed by atoms with Gasteiger partial charge in [-0.25, -0.2) is 4.39 Å². The van der Waals surface area contributed by atoms with Crippen molar-refractivity contribution in [2.24, 2.45) is 5.92 Å². The zero-order chi connectivity index (χ0) is 15.5. The molecule has 1 amide bonds. The van der Waals surface area contributed by atoms with E-state index in [4.69, 9.17) is 0 Å². The van der Waals surface area contributed by atoms with Gasteiger partial charge < -0.3 is 10.0 Å². The molecule has 1 aromatic heterocycles. The van der Waals surface area contributed by atoms with Gasteiger partial charge in [-0.3, -0.25) is 4.79 Å². The molecule has 1 aliphatic heterocycles. The fourth-order valence-electron chi connectivity index (χ4n) is 2.91. The number of halogens is 1. The Hall–Kier alpha value is -1.72. The quantitative estimate of drug-likeness (QED) is 0.941. The summed E-state index contributed by atoms with van der Waals surface area (Å²) in [7, 11) is 0. The molecular formula is C17H18FNO2S. The van der Waals surface area contributed by atoms with Gasteiger partial charge in [0.1, 0.15) is 5.82 Å². The molecule has 1 unspecified atom stereocenters. The standard InChI is InChI=1S/C17H18FNO2S/c18-14-5-3-12(4-6-14)16(20)13-7-9-19(10-8-13)17(21)15-2-1-11-22-15/h1-6,11,13,16,20H,7-10H2. The highest BCUT2D eigenvalue weighted by Gasteiger charge is 2.28. The minimum Gasteiger partial charge on any atom is -0.388 e. The Labute approximate surface area is 133 Å². The van der Waals surface area contributed by atoms with Crippen molar-refractivity contribution in [2.75, 3.05) is 13.1 Å². The van der Waals surface area contributed by atoms with Crippen LogP contribution in [0.3, 0.4) is 0 Å². The molecule has 5 heteroatoms. The Bertz CT molecular complexity index is 619. The number of piperidine rings is 1. The molecule has 1 aromatic carbocycles. The highest BCUT2D eigenvalue weighted by Crippen LogP contribution is 2.31. The third-order valence-electron chi connectivity index (χ3n) is 4.22. The molecule has 1 fully saturated rings. The second-order valence-corrected chi connectivity index (χ2v) is 6.55. The lowest BCUT2D eigenvalue weighted by atomic mass is 9.87. The molecule has 0 radical (unpaired) electrons. The van der Waals surface area contributed by atoms with Crippen LogP contribution >= 0.6 is 11.3 Å². The van der Waals surface area contributed by atoms with Gasteiger partial charge in [-0.15, -0.1) is 11.3 Å². The highest BCUT2D eigenvalue weighted by atomic mass is 32.1. The number of rotatable bonds is 3. The molecule has 1 N–H and O–H groups in total. The summed E-state index contributed by atoms with van der Waals surface area (Å²) in [6.45, 7) is 1.30. The highest BCUT2D eigenvalue weighted by molar-refractivity contribution is 7.12. The third-order valence-corrected chi connectivity index (χ3v) is 5.07. The number of hydrogen-bond acceptors (Lipinski definition) is 3. The smallest absolute Gasteiger partial charge is 0.263 e. The largest absolute Gasteiger partial charge is 0.388 e. The monoisotopic (exact) mass is 319 g/mol. The maximum Gasteiger partial charge on any atom is 0.263 e. The van der Waals surface area contributed by atoms with Crippen molar-refractivity contribution >= 4 is 17.2 Å². The number of nitrogens with zero attached hydrogens (tertiary/aromatic N) is 1. The summed E-state index contributed by atoms with van der Waals surface area (Å²) >= 11 is 1.45. The number of carbonyl (C=O) groups is 1. The lowest BCUT2D eigenvalue weighted by Crippen LogP contribution is -2.39. The van der Waals surface area contributed by atoms with Crippen LogP contribution in [0.1, 0.15) is 34.2 Å². The van der Waals surface area contributed by atoms with Crippen LogP contribution in [-0.2, 0) is 0 Å². The molecule has 1 saturated heterocycles. The number of amides is 1. The van der Waals surface area contributed by atoms with Crippen LogP contribution in [0.2, 0.25) is 0 Å². The molecule has 2 heterocycles. The van der Waals surface area contributed by atoms with E-state index in [2.05, 4.69) is 0 Å². The zero-order valence-electron chi connectivity index (χ0n) is 12.1. The van der Waals surface area contributed by atoms with E-state index in [0.717, 1.165) is 23.3 Å². The van der Waals surface area contributed by atoms with E-state index < -0.39 is 6.10 Å². The Morgan fingerprint density at radius 3 is 2.50 bits per heavy atom. The van der Waals surface area contributed by atoms with Gasteiger partial charge in [0.2, 0.25) is 0 Å². The predicted octanol–water partition coefficient (Wildman–Crippen LogP) is 3.47. The average molecular weight is 319 g/mol. The van der Waals surface area contributed by atoms with Gasteiger partial charge in [0, 0.05) is 13.1 Å². The van der Waals surface area contributed by atoms with Crippen molar-refractivity contribution in [3.63, 3.8) is 0 Å². The second-order valence-electron chi connectivity index (χ2n) is 5.60. The summed E-state index contributed by atoms with van der Waals surface area (Å²) < 4.78 is 12.9. The van der Waals surface area contributed by atoms with Crippen molar-refractivity contribution in [1.82, 2.24) is 4.90 Å². The molecule has 2 aromatic rings. The van der Waals surface area contributed by atoms with Gasteiger partial charge in [-0.1, -0.05) is 18.2 Å². The first kappa shape index (κ1) is 15.2. The lowest BCUT2D eigenvalue weighted by Gasteiger charge is -2.34. The van der Waals surface area contributed by atoms with Crippen LogP contribution in [0.5, 0.6) is 0 Å². The summed E-state index contributed by atoms with van der Waals surface area (Å²) in [6, 6.07) is 9.71. The summed E-state index contributed by atoms with van der Waals surface area (Å²) in [5, 5.41) is 12.3. The van der Waals surface area contributed by atoms with Gasteiger partial charge in [0.05, 0.1) is 11.0 Å². The van der Waals surface area contributed by atoms with Crippen LogP contribution in [0.15, 0.2) is 41.8 Å². The third kappa shape index (κ3) is 3.20. The van der Waals surface area contributed by atoms with E-state index in [1.165, 1.54) is 23.5 Å². The van der Waals surface area contributed by atoms with Crippen LogP contribution in [0.25, 0.3) is 0 Å². The Kier molecular flexibility index (Phi) is 4.55. The molecule has 1 atom stereocenters. The molecule has 3 nitrogen and oxygen atoms in total. The van der Waals surface area contributed by atoms with E-state index in [-0.39, 0.29) is 17.6 Å². The van der Waals surface area contributed by atoms with E-state index >= 15 is 0 Å². The molecular weight excluding hydrogens is 301 g/mol. The van der Waals surface area contributed by atoms with E-state index in [1.54, 1.807) is 12.1 Å². The van der Waals surface area contributed by atoms with E-state index in [0.29, 0.717) is 13.1 Å². The fourth-order valence-corrected chi connectivity index (χ4v) is 3.60. The summed E-state index contributed by atoms with van der Waals surface area (Å²) in [6.07, 6.45) is 0.922. The molecule has 1 aliphatic rings. The van der Waals surface area contributed by atoms with Gasteiger partial charge in [-0.2, -0.15) is 0 Å². The summed E-state index contributed by atoms with van der Waals surface area (Å²) in [4.78, 5) is 14.9. The van der Waals surface area contributed by atoms with E-state index in [9.17, 15) is 14.3 Å². The van der Waals surface area contributed by atoms with Gasteiger partial charge in [-0.05, 0) is 47.9 Å². The number of likely N-dealkylation sites (tertiary alicyclic amines) is 1. The predicted molar refractivity (Wildman–Crippen MR) is 84.3 cm³/mol. The molecule has 0 bridgehead atoms.